The molecule has 2 aliphatic heterocycles. The van der Waals surface area contributed by atoms with Crippen molar-refractivity contribution < 1.29 is 13.2 Å². The third-order valence-corrected chi connectivity index (χ3v) is 6.50. The molecule has 0 spiro atoms. The predicted molar refractivity (Wildman–Crippen MR) is 104 cm³/mol. The van der Waals surface area contributed by atoms with Crippen LogP contribution in [-0.4, -0.2) is 45.6 Å². The Balaban J connectivity index is 1.67. The van der Waals surface area contributed by atoms with Gasteiger partial charge in [-0.3, -0.25) is 0 Å². The van der Waals surface area contributed by atoms with Crippen LogP contribution in [0.25, 0.3) is 0 Å². The lowest BCUT2D eigenvalue weighted by atomic mass is 10.0. The Bertz CT molecular complexity index is 789. The van der Waals surface area contributed by atoms with Crippen molar-refractivity contribution in [1.82, 2.24) is 10.6 Å². The maximum atomic E-state index is 11.7. The van der Waals surface area contributed by atoms with Crippen LogP contribution in [0.2, 0.25) is 0 Å². The van der Waals surface area contributed by atoms with E-state index in [0.717, 1.165) is 23.3 Å². The molecule has 3 rings (SSSR count). The minimum atomic E-state index is -2.87. The summed E-state index contributed by atoms with van der Waals surface area (Å²) in [7, 11) is -2.87. The number of sulfone groups is 1. The molecule has 7 heteroatoms. The minimum absolute atomic E-state index is 0.114. The van der Waals surface area contributed by atoms with E-state index in [1.807, 2.05) is 25.1 Å². The van der Waals surface area contributed by atoms with E-state index in [-0.39, 0.29) is 17.7 Å². The van der Waals surface area contributed by atoms with Crippen LogP contribution in [-0.2, 0) is 9.84 Å². The highest BCUT2D eigenvalue weighted by atomic mass is 32.2. The van der Waals surface area contributed by atoms with Crippen molar-refractivity contribution >= 4 is 15.8 Å². The van der Waals surface area contributed by atoms with Crippen molar-refractivity contribution in [3.63, 3.8) is 0 Å². The first-order valence-corrected chi connectivity index (χ1v) is 10.9. The molecule has 142 valence electrons. The fourth-order valence-corrected chi connectivity index (χ4v) is 5.16. The van der Waals surface area contributed by atoms with Crippen molar-refractivity contribution in [3.05, 3.63) is 42.0 Å². The first kappa shape index (κ1) is 18.8. The molecule has 1 aromatic rings. The van der Waals surface area contributed by atoms with Gasteiger partial charge in [0.1, 0.15) is 5.75 Å². The van der Waals surface area contributed by atoms with Crippen molar-refractivity contribution in [3.8, 4) is 5.75 Å². The highest BCUT2D eigenvalue weighted by molar-refractivity contribution is 7.91. The summed E-state index contributed by atoms with van der Waals surface area (Å²) in [6, 6.07) is 8.12. The van der Waals surface area contributed by atoms with Crippen LogP contribution < -0.4 is 15.4 Å². The molecule has 1 fully saturated rings. The van der Waals surface area contributed by atoms with E-state index >= 15 is 0 Å². The lowest BCUT2D eigenvalue weighted by molar-refractivity contribution is 0.261. The molecule has 6 nitrogen and oxygen atoms in total. The van der Waals surface area contributed by atoms with E-state index in [4.69, 9.17) is 4.74 Å². The predicted octanol–water partition coefficient (Wildman–Crippen LogP) is 2.06. The van der Waals surface area contributed by atoms with E-state index < -0.39 is 9.84 Å². The molecule has 0 aliphatic carbocycles. The van der Waals surface area contributed by atoms with Gasteiger partial charge >= 0.3 is 0 Å². The second-order valence-corrected chi connectivity index (χ2v) is 9.37. The number of benzene rings is 1. The van der Waals surface area contributed by atoms with Gasteiger partial charge in [0.25, 0.3) is 0 Å². The highest BCUT2D eigenvalue weighted by Crippen LogP contribution is 2.31. The standard InChI is InChI=1S/C19H27N3O3S/c1-14(2)11-20-19(21-12-15-8-10-26(23,24)13-15)22-17-7-9-25-18-6-4-3-5-16(17)18/h3-6,15,17H,1,7-13H2,2H3,(H2,20,21,22). The summed E-state index contributed by atoms with van der Waals surface area (Å²) in [6.45, 7) is 7.63. The molecule has 2 heterocycles. The molecule has 1 aromatic carbocycles. The molecule has 0 bridgehead atoms. The number of rotatable bonds is 5. The number of hydrogen-bond acceptors (Lipinski definition) is 4. The summed E-state index contributed by atoms with van der Waals surface area (Å²) in [5.41, 5.74) is 2.09. The van der Waals surface area contributed by atoms with E-state index in [2.05, 4.69) is 28.3 Å². The van der Waals surface area contributed by atoms with E-state index in [0.29, 0.717) is 37.8 Å². The van der Waals surface area contributed by atoms with Gasteiger partial charge < -0.3 is 15.4 Å². The van der Waals surface area contributed by atoms with Gasteiger partial charge in [0.15, 0.2) is 15.8 Å². The van der Waals surface area contributed by atoms with Gasteiger partial charge in [-0.15, -0.1) is 0 Å². The second-order valence-electron chi connectivity index (χ2n) is 7.14. The third kappa shape index (κ3) is 5.00. The summed E-state index contributed by atoms with van der Waals surface area (Å²) in [4.78, 5) is 4.59. The quantitative estimate of drug-likeness (QED) is 0.466. The summed E-state index contributed by atoms with van der Waals surface area (Å²) in [5.74, 6) is 2.28. The molecule has 2 unspecified atom stereocenters. The van der Waals surface area contributed by atoms with Crippen LogP contribution in [0.4, 0.5) is 0 Å². The Hall–Kier alpha value is -2.02. The molecule has 2 atom stereocenters. The van der Waals surface area contributed by atoms with Crippen LogP contribution in [0.15, 0.2) is 41.4 Å². The van der Waals surface area contributed by atoms with Crippen molar-refractivity contribution in [2.75, 3.05) is 31.2 Å². The van der Waals surface area contributed by atoms with E-state index in [9.17, 15) is 8.42 Å². The number of nitrogens with zero attached hydrogens (tertiary/aromatic N) is 1. The Morgan fingerprint density at radius 3 is 2.88 bits per heavy atom. The minimum Gasteiger partial charge on any atom is -0.493 e. The summed E-state index contributed by atoms with van der Waals surface area (Å²) in [5, 5.41) is 6.81. The van der Waals surface area contributed by atoms with Crippen molar-refractivity contribution in [2.24, 2.45) is 10.9 Å². The number of nitrogens with one attached hydrogen (secondary N) is 2. The fourth-order valence-electron chi connectivity index (χ4n) is 3.30. The van der Waals surface area contributed by atoms with Gasteiger partial charge in [0, 0.05) is 18.5 Å². The van der Waals surface area contributed by atoms with Gasteiger partial charge in [0.2, 0.25) is 0 Å². The molecule has 0 saturated carbocycles. The maximum absolute atomic E-state index is 11.7. The normalized spacial score (nSPS) is 24.4. The molecule has 2 N–H and O–H groups in total. The molecule has 26 heavy (non-hydrogen) atoms. The first-order chi connectivity index (χ1) is 12.4. The first-order valence-electron chi connectivity index (χ1n) is 9.04. The Labute approximate surface area is 155 Å². The second kappa shape index (κ2) is 8.12. The number of guanidine groups is 1. The lowest BCUT2D eigenvalue weighted by Gasteiger charge is -2.28. The maximum Gasteiger partial charge on any atom is 0.192 e. The highest BCUT2D eigenvalue weighted by Gasteiger charge is 2.28. The van der Waals surface area contributed by atoms with Gasteiger partial charge in [-0.25, -0.2) is 13.4 Å². The topological polar surface area (TPSA) is 79.8 Å². The van der Waals surface area contributed by atoms with Gasteiger partial charge in [-0.05, 0) is 25.3 Å². The number of ether oxygens (including phenoxy) is 1. The molecular weight excluding hydrogens is 350 g/mol. The molecule has 0 amide bonds. The van der Waals surface area contributed by atoms with Crippen LogP contribution in [0.1, 0.15) is 31.4 Å². The average Bonchev–Trinajstić information content (AvgIpc) is 2.96. The number of aliphatic imine (C=N–C) groups is 1. The van der Waals surface area contributed by atoms with Crippen LogP contribution in [0.5, 0.6) is 5.75 Å². The Morgan fingerprint density at radius 2 is 2.15 bits per heavy atom. The van der Waals surface area contributed by atoms with Crippen molar-refractivity contribution in [1.29, 1.82) is 0 Å². The fraction of sp³-hybridized carbons (Fsp3) is 0.526. The van der Waals surface area contributed by atoms with Crippen LogP contribution in [0, 0.1) is 5.92 Å². The van der Waals surface area contributed by atoms with Gasteiger partial charge in [-0.2, -0.15) is 0 Å². The Morgan fingerprint density at radius 1 is 1.35 bits per heavy atom. The molecule has 1 saturated heterocycles. The smallest absolute Gasteiger partial charge is 0.192 e. The average molecular weight is 378 g/mol. The largest absolute Gasteiger partial charge is 0.493 e. The summed E-state index contributed by atoms with van der Waals surface area (Å²) in [6.07, 6.45) is 1.56. The molecule has 0 aromatic heterocycles. The van der Waals surface area contributed by atoms with E-state index in [1.54, 1.807) is 0 Å². The zero-order valence-corrected chi connectivity index (χ0v) is 16.0. The number of para-hydroxylation sites is 1. The van der Waals surface area contributed by atoms with Gasteiger partial charge in [0.05, 0.1) is 30.7 Å². The lowest BCUT2D eigenvalue weighted by Crippen LogP contribution is -2.43. The molecule has 2 aliphatic rings. The number of hydrogen-bond donors (Lipinski definition) is 2. The Kier molecular flexibility index (Phi) is 5.86. The van der Waals surface area contributed by atoms with Crippen LogP contribution >= 0.6 is 0 Å². The van der Waals surface area contributed by atoms with E-state index in [1.165, 1.54) is 0 Å². The molecular formula is C19H27N3O3S. The van der Waals surface area contributed by atoms with Crippen LogP contribution in [0.3, 0.4) is 0 Å². The zero-order valence-electron chi connectivity index (χ0n) is 15.2. The summed E-state index contributed by atoms with van der Waals surface area (Å²) >= 11 is 0. The van der Waals surface area contributed by atoms with Crippen molar-refractivity contribution in [2.45, 2.75) is 25.8 Å². The zero-order chi connectivity index (χ0) is 18.6. The number of fused-ring (bicyclic) bond motifs is 1. The van der Waals surface area contributed by atoms with Gasteiger partial charge in [-0.1, -0.05) is 30.4 Å². The monoisotopic (exact) mass is 377 g/mol. The SMILES string of the molecule is C=C(C)CN=C(NCC1CCS(=O)(=O)C1)NC1CCOc2ccccc21. The summed E-state index contributed by atoms with van der Waals surface area (Å²) < 4.78 is 29.0. The third-order valence-electron chi connectivity index (χ3n) is 4.66. The molecule has 0 radical (unpaired) electrons.